The number of hydrazine groups is 1. The third kappa shape index (κ3) is 3.96. The van der Waals surface area contributed by atoms with E-state index in [-0.39, 0.29) is 0 Å². The molecule has 0 aromatic carbocycles. The fourth-order valence-electron chi connectivity index (χ4n) is 5.40. The molecule has 24 heavy (non-hydrogen) atoms. The predicted molar refractivity (Wildman–Crippen MR) is 94.7 cm³/mol. The molecule has 4 rings (SSSR count). The molecule has 0 amide bonds. The van der Waals surface area contributed by atoms with Crippen molar-refractivity contribution in [3.05, 3.63) is 0 Å². The second kappa shape index (κ2) is 8.00. The van der Waals surface area contributed by atoms with E-state index in [1.54, 1.807) is 0 Å². The molecule has 2 heterocycles. The van der Waals surface area contributed by atoms with Crippen LogP contribution in [0.3, 0.4) is 0 Å². The lowest BCUT2D eigenvalue weighted by atomic mass is 9.72. The van der Waals surface area contributed by atoms with Crippen LogP contribution in [0, 0.1) is 11.8 Å². The van der Waals surface area contributed by atoms with Gasteiger partial charge in [0.25, 0.3) is 0 Å². The molecule has 0 spiro atoms. The Morgan fingerprint density at radius 1 is 0.833 bits per heavy atom. The smallest absolute Gasteiger partial charge is 0.0597 e. The van der Waals surface area contributed by atoms with Crippen LogP contribution < -0.4 is 10.9 Å². The zero-order chi connectivity index (χ0) is 16.4. The van der Waals surface area contributed by atoms with Crippen molar-refractivity contribution >= 4 is 0 Å². The summed E-state index contributed by atoms with van der Waals surface area (Å²) in [6.07, 6.45) is 10.9. The molecule has 0 aromatic rings. The highest BCUT2D eigenvalue weighted by Gasteiger charge is 2.44. The van der Waals surface area contributed by atoms with Gasteiger partial charge < -0.3 is 14.4 Å². The van der Waals surface area contributed by atoms with Crippen LogP contribution in [-0.4, -0.2) is 62.5 Å². The highest BCUT2D eigenvalue weighted by Crippen LogP contribution is 2.39. The summed E-state index contributed by atoms with van der Waals surface area (Å²) >= 11 is 0. The van der Waals surface area contributed by atoms with E-state index in [0.29, 0.717) is 24.3 Å². The van der Waals surface area contributed by atoms with Crippen molar-refractivity contribution in [2.24, 2.45) is 11.8 Å². The Labute approximate surface area is 146 Å². The lowest BCUT2D eigenvalue weighted by Gasteiger charge is -2.38. The third-order valence-corrected chi connectivity index (χ3v) is 6.79. The standard InChI is InChI=1S/C19H35N3O2/c1-22-8-3-10-23-15-5-2-4-14(12-15)19-17-13-16(24-11-9-22)6-7-18(17)20-21-19/h14-21H,2-13H2,1H3. The van der Waals surface area contributed by atoms with Crippen molar-refractivity contribution in [3.63, 3.8) is 0 Å². The van der Waals surface area contributed by atoms with Crippen LogP contribution in [0.25, 0.3) is 0 Å². The van der Waals surface area contributed by atoms with Gasteiger partial charge in [0.1, 0.15) is 0 Å². The van der Waals surface area contributed by atoms with E-state index in [0.717, 1.165) is 44.6 Å². The van der Waals surface area contributed by atoms with Gasteiger partial charge in [-0.1, -0.05) is 6.42 Å². The highest BCUT2D eigenvalue weighted by molar-refractivity contribution is 4.99. The lowest BCUT2D eigenvalue weighted by molar-refractivity contribution is -0.00745. The summed E-state index contributed by atoms with van der Waals surface area (Å²) in [6, 6.07) is 1.26. The summed E-state index contributed by atoms with van der Waals surface area (Å²) < 4.78 is 12.5. The van der Waals surface area contributed by atoms with Crippen LogP contribution in [0.1, 0.15) is 51.4 Å². The van der Waals surface area contributed by atoms with Crippen molar-refractivity contribution in [2.75, 3.05) is 33.4 Å². The Morgan fingerprint density at radius 3 is 2.67 bits per heavy atom. The molecule has 2 saturated heterocycles. The first-order chi connectivity index (χ1) is 11.8. The van der Waals surface area contributed by atoms with Gasteiger partial charge in [-0.25, -0.2) is 0 Å². The quantitative estimate of drug-likeness (QED) is 0.707. The van der Waals surface area contributed by atoms with E-state index < -0.39 is 0 Å². The normalized spacial score (nSPS) is 45.4. The zero-order valence-corrected chi connectivity index (χ0v) is 15.2. The fourth-order valence-corrected chi connectivity index (χ4v) is 5.40. The van der Waals surface area contributed by atoms with Crippen molar-refractivity contribution in [1.82, 2.24) is 15.8 Å². The molecule has 2 N–H and O–H groups in total. The van der Waals surface area contributed by atoms with Crippen LogP contribution in [0.15, 0.2) is 0 Å². The Morgan fingerprint density at radius 2 is 1.71 bits per heavy atom. The van der Waals surface area contributed by atoms with Gasteiger partial charge >= 0.3 is 0 Å². The van der Waals surface area contributed by atoms with Crippen LogP contribution in [0.5, 0.6) is 0 Å². The molecule has 138 valence electrons. The minimum Gasteiger partial charge on any atom is -0.378 e. The summed E-state index contributed by atoms with van der Waals surface area (Å²) in [5.74, 6) is 1.49. The Kier molecular flexibility index (Phi) is 5.74. The van der Waals surface area contributed by atoms with Crippen molar-refractivity contribution in [2.45, 2.75) is 75.7 Å². The molecular formula is C19H35N3O2. The number of ether oxygens (including phenoxy) is 2. The van der Waals surface area contributed by atoms with E-state index >= 15 is 0 Å². The second-order valence-electron chi connectivity index (χ2n) is 8.47. The summed E-state index contributed by atoms with van der Waals surface area (Å²) in [6.45, 7) is 3.93. The van der Waals surface area contributed by atoms with Gasteiger partial charge in [-0.2, -0.15) is 0 Å². The van der Waals surface area contributed by atoms with Crippen LogP contribution in [0.2, 0.25) is 0 Å². The molecule has 5 nitrogen and oxygen atoms in total. The van der Waals surface area contributed by atoms with E-state index in [2.05, 4.69) is 22.8 Å². The number of rotatable bonds is 0. The van der Waals surface area contributed by atoms with Crippen molar-refractivity contribution in [1.29, 1.82) is 0 Å². The number of nitrogens with zero attached hydrogens (tertiary/aromatic N) is 1. The first kappa shape index (κ1) is 17.2. The largest absolute Gasteiger partial charge is 0.378 e. The molecule has 2 saturated carbocycles. The number of likely N-dealkylation sites (N-methyl/N-ethyl adjacent to an activating group) is 1. The molecule has 2 aliphatic carbocycles. The molecule has 2 aliphatic heterocycles. The molecule has 6 atom stereocenters. The molecule has 0 radical (unpaired) electrons. The molecule has 4 fully saturated rings. The monoisotopic (exact) mass is 337 g/mol. The topological polar surface area (TPSA) is 45.8 Å². The van der Waals surface area contributed by atoms with E-state index in [1.165, 1.54) is 44.9 Å². The molecule has 4 bridgehead atoms. The van der Waals surface area contributed by atoms with Crippen LogP contribution in [-0.2, 0) is 9.47 Å². The summed E-state index contributed by atoms with van der Waals surface area (Å²) in [5, 5.41) is 0. The van der Waals surface area contributed by atoms with E-state index in [1.807, 2.05) is 0 Å². The number of fused-ring (bicyclic) bond motifs is 4. The van der Waals surface area contributed by atoms with Gasteiger partial charge in [-0.05, 0) is 63.8 Å². The van der Waals surface area contributed by atoms with E-state index in [4.69, 9.17) is 9.47 Å². The van der Waals surface area contributed by atoms with Crippen LogP contribution in [0.4, 0.5) is 0 Å². The van der Waals surface area contributed by atoms with Gasteiger partial charge in [-0.15, -0.1) is 0 Å². The SMILES string of the molecule is CN1CCCOC2CCCC(C2)C2NNC3CCC(CC32)OCC1. The first-order valence-corrected chi connectivity index (χ1v) is 10.2. The third-order valence-electron chi connectivity index (χ3n) is 6.79. The molecule has 4 aliphatic rings. The number of hydrogen-bond acceptors (Lipinski definition) is 5. The molecular weight excluding hydrogens is 302 g/mol. The van der Waals surface area contributed by atoms with Crippen molar-refractivity contribution in [3.8, 4) is 0 Å². The molecule has 5 heteroatoms. The van der Waals surface area contributed by atoms with Gasteiger partial charge in [0.15, 0.2) is 0 Å². The summed E-state index contributed by atoms with van der Waals surface area (Å²) in [7, 11) is 2.20. The van der Waals surface area contributed by atoms with Gasteiger partial charge in [0.2, 0.25) is 0 Å². The highest BCUT2D eigenvalue weighted by atomic mass is 16.5. The molecule has 6 unspecified atom stereocenters. The average Bonchev–Trinajstić information content (AvgIpc) is 3.01. The fraction of sp³-hybridized carbons (Fsp3) is 1.00. The number of hydrogen-bond donors (Lipinski definition) is 2. The van der Waals surface area contributed by atoms with Gasteiger partial charge in [0.05, 0.1) is 18.8 Å². The second-order valence-corrected chi connectivity index (χ2v) is 8.47. The summed E-state index contributed by atoms with van der Waals surface area (Å²) in [4.78, 5) is 2.39. The first-order valence-electron chi connectivity index (χ1n) is 10.2. The predicted octanol–water partition coefficient (Wildman–Crippen LogP) is 1.93. The Balaban J connectivity index is 1.45. The Hall–Kier alpha value is -0.200. The maximum Gasteiger partial charge on any atom is 0.0597 e. The minimum absolute atomic E-state index is 0.463. The average molecular weight is 338 g/mol. The van der Waals surface area contributed by atoms with Crippen molar-refractivity contribution < 1.29 is 9.47 Å². The number of nitrogens with one attached hydrogen (secondary N) is 2. The Bertz CT molecular complexity index is 408. The van der Waals surface area contributed by atoms with Crippen LogP contribution >= 0.6 is 0 Å². The minimum atomic E-state index is 0.463. The van der Waals surface area contributed by atoms with Gasteiger partial charge in [-0.3, -0.25) is 10.9 Å². The van der Waals surface area contributed by atoms with E-state index in [9.17, 15) is 0 Å². The zero-order valence-electron chi connectivity index (χ0n) is 15.2. The molecule has 0 aromatic heterocycles. The van der Waals surface area contributed by atoms with Gasteiger partial charge in [0, 0.05) is 31.8 Å². The maximum atomic E-state index is 6.26. The maximum absolute atomic E-state index is 6.26. The summed E-state index contributed by atoms with van der Waals surface area (Å²) in [5.41, 5.74) is 7.28. The lowest BCUT2D eigenvalue weighted by Crippen LogP contribution is -2.43.